The van der Waals surface area contributed by atoms with Gasteiger partial charge in [-0.15, -0.1) is 0 Å². The topological polar surface area (TPSA) is 102 Å². The van der Waals surface area contributed by atoms with Gasteiger partial charge in [-0.3, -0.25) is 9.18 Å². The molecule has 2 aliphatic rings. The number of ether oxygens (including phenoxy) is 4. The van der Waals surface area contributed by atoms with Crippen LogP contribution in [-0.4, -0.2) is 94.6 Å². The van der Waals surface area contributed by atoms with E-state index in [4.69, 9.17) is 21.7 Å². The van der Waals surface area contributed by atoms with Gasteiger partial charge < -0.3 is 34.3 Å². The number of nitrogens with one attached hydrogen (secondary N) is 1. The molecule has 1 aromatic rings. The van der Waals surface area contributed by atoms with Gasteiger partial charge in [0.1, 0.15) is 18.0 Å². The summed E-state index contributed by atoms with van der Waals surface area (Å²) >= 11 is 0. The third-order valence-corrected chi connectivity index (χ3v) is 5.33. The minimum atomic E-state index is -2.77. The van der Waals surface area contributed by atoms with Crippen LogP contribution >= 0.6 is 0 Å². The number of aliphatic hydroxyl groups excluding tert-OH is 1. The molecule has 0 bridgehead atoms. The first-order valence-electron chi connectivity index (χ1n) is 11.3. The Morgan fingerprint density at radius 1 is 1.48 bits per heavy atom. The van der Waals surface area contributed by atoms with E-state index in [2.05, 4.69) is 10.3 Å². The second-order valence-corrected chi connectivity index (χ2v) is 8.06. The lowest BCUT2D eigenvalue weighted by Crippen LogP contribution is -2.52. The molecule has 0 radical (unpaired) electrons. The maximum atomic E-state index is 13.0. The van der Waals surface area contributed by atoms with Gasteiger partial charge in [0.2, 0.25) is 5.88 Å². The van der Waals surface area contributed by atoms with Crippen LogP contribution in [0.15, 0.2) is 12.1 Å². The number of anilines is 1. The van der Waals surface area contributed by atoms with Crippen molar-refractivity contribution in [1.29, 1.82) is 0 Å². The third kappa shape index (κ3) is 6.03. The van der Waals surface area contributed by atoms with Crippen molar-refractivity contribution in [1.82, 2.24) is 10.3 Å². The Hall–Kier alpha value is -2.01. The highest BCUT2D eigenvalue weighted by molar-refractivity contribution is 5.93. The van der Waals surface area contributed by atoms with Gasteiger partial charge >= 0.3 is 0 Å². The molecule has 10 heteroatoms. The average Bonchev–Trinajstić information content (AvgIpc) is 2.71. The quantitative estimate of drug-likeness (QED) is 0.432. The minimum absolute atomic E-state index is 0.0559. The summed E-state index contributed by atoms with van der Waals surface area (Å²) in [6.45, 7) is 1.20. The molecule has 0 aromatic carbocycles. The molecular formula is C21H32FN3O6. The molecule has 1 aromatic heterocycles. The Morgan fingerprint density at radius 3 is 2.87 bits per heavy atom. The predicted molar refractivity (Wildman–Crippen MR) is 111 cm³/mol. The highest BCUT2D eigenvalue weighted by Gasteiger charge is 2.41. The number of aliphatic hydroxyl groups is 1. The van der Waals surface area contributed by atoms with Gasteiger partial charge in [0.15, 0.2) is 0 Å². The lowest BCUT2D eigenvalue weighted by atomic mass is 9.88. The summed E-state index contributed by atoms with van der Waals surface area (Å²) in [5.41, 5.74) is 0.436. The Balaban J connectivity index is 1.68. The molecule has 31 heavy (non-hydrogen) atoms. The van der Waals surface area contributed by atoms with Gasteiger partial charge in [0.25, 0.3) is 5.91 Å². The molecule has 1 atom stereocenters. The molecule has 3 heterocycles. The van der Waals surface area contributed by atoms with E-state index in [-0.39, 0.29) is 44.6 Å². The van der Waals surface area contributed by atoms with E-state index in [1.807, 2.05) is 4.90 Å². The van der Waals surface area contributed by atoms with E-state index in [1.165, 1.54) is 0 Å². The number of hydrogen-bond donors (Lipinski definition) is 2. The number of alkyl halides is 1. The molecule has 3 rings (SSSR count). The first-order valence-corrected chi connectivity index (χ1v) is 10.3. The Morgan fingerprint density at radius 2 is 2.26 bits per heavy atom. The van der Waals surface area contributed by atoms with Crippen LogP contribution in [0.3, 0.4) is 0 Å². The molecule has 1 unspecified atom stereocenters. The molecular weight excluding hydrogens is 409 g/mol. The van der Waals surface area contributed by atoms with Crippen LogP contribution in [0, 0.1) is 5.41 Å². The van der Waals surface area contributed by atoms with Crippen molar-refractivity contribution in [3.63, 3.8) is 0 Å². The molecule has 174 valence electrons. The number of rotatable bonds is 13. The van der Waals surface area contributed by atoms with Crippen LogP contribution in [0.4, 0.5) is 10.1 Å². The fourth-order valence-electron chi connectivity index (χ4n) is 3.25. The highest BCUT2D eigenvalue weighted by Crippen LogP contribution is 2.34. The number of carbonyl (C=O) groups is 1. The number of amides is 1. The molecule has 2 N–H and O–H groups in total. The largest absolute Gasteiger partial charge is 0.475 e. The van der Waals surface area contributed by atoms with E-state index in [9.17, 15) is 14.3 Å². The first-order chi connectivity index (χ1) is 15.6. The standard InChI is InChI=1S/C21H32FN3O6/c1-15(10-26)23-19(27)17-4-5-18(25-8-16(9-25)28-2)20(24-17)31-14-21(12-30-13-21)11-29-7-3-6-22/h4-5,15-16,26H,3,6-14H2,1-2H3,(H,23,27)/i6D2. The van der Waals surface area contributed by atoms with Gasteiger partial charge in [-0.1, -0.05) is 0 Å². The molecule has 0 saturated carbocycles. The predicted octanol–water partition coefficient (Wildman–Crippen LogP) is 0.799. The Labute approximate surface area is 184 Å². The van der Waals surface area contributed by atoms with Gasteiger partial charge in [0, 0.05) is 32.8 Å². The number of halogens is 1. The summed E-state index contributed by atoms with van der Waals surface area (Å²) in [5, 5.41) is 11.9. The Bertz CT molecular complexity index is 803. The van der Waals surface area contributed by atoms with E-state index in [0.29, 0.717) is 32.2 Å². The first kappa shape index (κ1) is 20.9. The second kappa shape index (κ2) is 11.0. The van der Waals surface area contributed by atoms with Crippen molar-refractivity contribution in [3.8, 4) is 5.88 Å². The molecule has 2 fully saturated rings. The zero-order chi connectivity index (χ0) is 24.1. The lowest BCUT2D eigenvalue weighted by molar-refractivity contribution is -0.164. The average molecular weight is 444 g/mol. The van der Waals surface area contributed by atoms with Crippen LogP contribution in [0.2, 0.25) is 0 Å². The highest BCUT2D eigenvalue weighted by atomic mass is 19.1. The minimum Gasteiger partial charge on any atom is -0.475 e. The second-order valence-electron chi connectivity index (χ2n) is 8.06. The van der Waals surface area contributed by atoms with Crippen LogP contribution in [0.1, 0.15) is 26.6 Å². The number of pyridine rings is 1. The summed E-state index contributed by atoms with van der Waals surface area (Å²) in [6.07, 6.45) is -0.238. The van der Waals surface area contributed by atoms with Crippen LogP contribution < -0.4 is 15.0 Å². The molecule has 2 aliphatic heterocycles. The maximum absolute atomic E-state index is 13.0. The number of hydrogen-bond acceptors (Lipinski definition) is 8. The summed E-state index contributed by atoms with van der Waals surface area (Å²) < 4.78 is 49.1. The van der Waals surface area contributed by atoms with Crippen LogP contribution in [-0.2, 0) is 14.2 Å². The molecule has 2 saturated heterocycles. The monoisotopic (exact) mass is 443 g/mol. The molecule has 9 nitrogen and oxygen atoms in total. The zero-order valence-electron chi connectivity index (χ0n) is 19.9. The fraction of sp³-hybridized carbons (Fsp3) is 0.714. The van der Waals surface area contributed by atoms with Gasteiger partial charge in [-0.25, -0.2) is 4.98 Å². The number of aromatic nitrogens is 1. The van der Waals surface area contributed by atoms with Crippen molar-refractivity contribution in [2.24, 2.45) is 5.41 Å². The van der Waals surface area contributed by atoms with Gasteiger partial charge in [-0.2, -0.15) is 0 Å². The van der Waals surface area contributed by atoms with Crippen molar-refractivity contribution >= 4 is 11.6 Å². The van der Waals surface area contributed by atoms with Gasteiger partial charge in [-0.05, 0) is 25.5 Å². The lowest BCUT2D eigenvalue weighted by Gasteiger charge is -2.42. The van der Waals surface area contributed by atoms with Crippen molar-refractivity contribution in [3.05, 3.63) is 17.8 Å². The maximum Gasteiger partial charge on any atom is 0.270 e. The van der Waals surface area contributed by atoms with E-state index < -0.39 is 24.0 Å². The van der Waals surface area contributed by atoms with Crippen molar-refractivity contribution in [2.45, 2.75) is 25.5 Å². The summed E-state index contributed by atoms with van der Waals surface area (Å²) in [5.74, 6) is -0.128. The van der Waals surface area contributed by atoms with E-state index in [0.717, 1.165) is 5.69 Å². The summed E-state index contributed by atoms with van der Waals surface area (Å²) in [6, 6.07) is 2.97. The van der Waals surface area contributed by atoms with Crippen LogP contribution in [0.25, 0.3) is 0 Å². The number of methoxy groups -OCH3 is 1. The molecule has 0 aliphatic carbocycles. The molecule has 0 spiro atoms. The summed E-state index contributed by atoms with van der Waals surface area (Å²) in [4.78, 5) is 18.9. The summed E-state index contributed by atoms with van der Waals surface area (Å²) in [7, 11) is 1.65. The normalized spacial score (nSPS) is 20.2. The van der Waals surface area contributed by atoms with Gasteiger partial charge in [0.05, 0.1) is 47.3 Å². The smallest absolute Gasteiger partial charge is 0.270 e. The van der Waals surface area contributed by atoms with Crippen molar-refractivity contribution < 1.29 is 36.0 Å². The van der Waals surface area contributed by atoms with E-state index >= 15 is 0 Å². The SMILES string of the molecule is [2H]C([2H])(F)CCOCC1(COc2nc(C(=O)NC(C)CO)ccc2N2CC(OC)C2)COC1. The van der Waals surface area contributed by atoms with Crippen LogP contribution in [0.5, 0.6) is 5.88 Å². The number of nitrogens with zero attached hydrogens (tertiary/aromatic N) is 2. The third-order valence-electron chi connectivity index (χ3n) is 5.33. The van der Waals surface area contributed by atoms with Crippen molar-refractivity contribution in [2.75, 3.05) is 71.4 Å². The Kier molecular flexibility index (Phi) is 7.43. The van der Waals surface area contributed by atoms with E-state index in [1.54, 1.807) is 26.2 Å². The number of carbonyl (C=O) groups excluding carboxylic acids is 1. The zero-order valence-corrected chi connectivity index (χ0v) is 17.9. The fourth-order valence-corrected chi connectivity index (χ4v) is 3.25. The molecule has 1 amide bonds.